The van der Waals surface area contributed by atoms with Crippen LogP contribution in [0.4, 0.5) is 27.9 Å². The molecule has 44 heavy (non-hydrogen) atoms. The van der Waals surface area contributed by atoms with Gasteiger partial charge in [0.2, 0.25) is 5.95 Å². The molecule has 0 radical (unpaired) electrons. The van der Waals surface area contributed by atoms with E-state index < -0.39 is 12.1 Å². The van der Waals surface area contributed by atoms with Gasteiger partial charge in [-0.3, -0.25) is 0 Å². The van der Waals surface area contributed by atoms with Crippen molar-refractivity contribution in [1.29, 1.82) is 0 Å². The molecule has 1 aliphatic heterocycles. The van der Waals surface area contributed by atoms with Gasteiger partial charge in [-0.2, -0.15) is 4.98 Å². The van der Waals surface area contributed by atoms with Crippen LogP contribution in [0, 0.1) is 20.8 Å². The van der Waals surface area contributed by atoms with Crippen LogP contribution in [0.25, 0.3) is 0 Å². The maximum atomic E-state index is 13.2. The third kappa shape index (κ3) is 6.55. The van der Waals surface area contributed by atoms with Gasteiger partial charge in [-0.05, 0) is 87.0 Å². The summed E-state index contributed by atoms with van der Waals surface area (Å²) in [6, 6.07) is 18.5. The van der Waals surface area contributed by atoms with E-state index in [4.69, 9.17) is 14.5 Å². The Kier molecular flexibility index (Phi) is 9.20. The van der Waals surface area contributed by atoms with E-state index in [9.17, 15) is 9.90 Å². The number of hydrogen-bond acceptors (Lipinski definition) is 8. The van der Waals surface area contributed by atoms with Crippen molar-refractivity contribution in [3.63, 3.8) is 0 Å². The van der Waals surface area contributed by atoms with E-state index in [0.717, 1.165) is 59.8 Å². The minimum atomic E-state index is -1.17. The lowest BCUT2D eigenvalue weighted by atomic mass is 9.88. The van der Waals surface area contributed by atoms with Crippen LogP contribution in [0.5, 0.6) is 11.5 Å². The molecule has 0 saturated carbocycles. The summed E-state index contributed by atoms with van der Waals surface area (Å²) in [5, 5.41) is 14.1. The van der Waals surface area contributed by atoms with Crippen LogP contribution in [0.1, 0.15) is 33.9 Å². The van der Waals surface area contributed by atoms with Gasteiger partial charge in [0.1, 0.15) is 17.3 Å². The highest BCUT2D eigenvalue weighted by Crippen LogP contribution is 2.42. The quantitative estimate of drug-likeness (QED) is 0.234. The lowest BCUT2D eigenvalue weighted by molar-refractivity contribution is 0.199. The first-order valence-electron chi connectivity index (χ1n) is 14.6. The summed E-state index contributed by atoms with van der Waals surface area (Å²) >= 11 is 0. The van der Waals surface area contributed by atoms with Crippen molar-refractivity contribution in [2.24, 2.45) is 0 Å². The highest BCUT2D eigenvalue weighted by atomic mass is 16.5. The Morgan fingerprint density at radius 2 is 1.68 bits per heavy atom. The second-order valence-electron chi connectivity index (χ2n) is 11.2. The molecule has 230 valence electrons. The first-order valence-corrected chi connectivity index (χ1v) is 14.6. The third-order valence-electron chi connectivity index (χ3n) is 8.07. The van der Waals surface area contributed by atoms with Gasteiger partial charge in [-0.15, -0.1) is 0 Å². The lowest BCUT2D eigenvalue weighted by Crippen LogP contribution is -2.44. The van der Waals surface area contributed by atoms with Gasteiger partial charge in [-0.1, -0.05) is 23.8 Å². The van der Waals surface area contributed by atoms with E-state index in [1.807, 2.05) is 39.0 Å². The molecule has 2 N–H and O–H groups in total. The molecule has 1 aliphatic rings. The lowest BCUT2D eigenvalue weighted by Gasteiger charge is -2.34. The number of hydrogen-bond donors (Lipinski definition) is 2. The number of nitrogens with zero attached hydrogens (tertiary/aromatic N) is 5. The highest BCUT2D eigenvalue weighted by Gasteiger charge is 2.34. The van der Waals surface area contributed by atoms with Crippen molar-refractivity contribution in [1.82, 2.24) is 14.9 Å². The largest absolute Gasteiger partial charge is 0.497 e. The van der Waals surface area contributed by atoms with Crippen molar-refractivity contribution in [3.8, 4) is 11.5 Å². The van der Waals surface area contributed by atoms with Gasteiger partial charge in [0.05, 0.1) is 20.3 Å². The molecule has 1 fully saturated rings. The molecule has 0 spiro atoms. The standard InChI is InChI=1S/C34H40N6O4/c1-22-18-23(2)31(24(3)19-22)32(28-21-27(43-5)10-11-29(28)44-6)40(34(41)42)30-12-13-35-33(37-30)36-25-8-7-9-26(20-25)39-16-14-38(4)15-17-39/h7-13,18-21,32H,14-17H2,1-6H3,(H,41,42)(H,35,36,37). The number of benzene rings is 3. The Morgan fingerprint density at radius 1 is 0.955 bits per heavy atom. The second kappa shape index (κ2) is 13.2. The molecule has 4 aromatic rings. The maximum absolute atomic E-state index is 13.2. The Balaban J connectivity index is 1.57. The zero-order valence-electron chi connectivity index (χ0n) is 26.2. The molecule has 3 aromatic carbocycles. The van der Waals surface area contributed by atoms with Crippen LogP contribution < -0.4 is 24.6 Å². The number of carboxylic acid groups (broad SMARTS) is 1. The average Bonchev–Trinajstić information content (AvgIpc) is 3.00. The topological polar surface area (TPSA) is 103 Å². The number of aryl methyl sites for hydroxylation is 3. The number of amides is 1. The number of piperazine rings is 1. The van der Waals surface area contributed by atoms with Crippen LogP contribution in [0.15, 0.2) is 66.9 Å². The molecule has 1 aromatic heterocycles. The SMILES string of the molecule is COc1ccc(OC)c(C(c2c(C)cc(C)cc2C)N(C(=O)O)c2ccnc(Nc3cccc(N4CCN(C)CC4)c3)n2)c1. The normalized spacial score (nSPS) is 14.2. The van der Waals surface area contributed by atoms with Gasteiger partial charge in [0.25, 0.3) is 0 Å². The summed E-state index contributed by atoms with van der Waals surface area (Å²) in [7, 11) is 5.29. The summed E-state index contributed by atoms with van der Waals surface area (Å²) in [5.41, 5.74) is 6.41. The number of aromatic nitrogens is 2. The number of carbonyl (C=O) groups is 1. The summed E-state index contributed by atoms with van der Waals surface area (Å²) in [6.07, 6.45) is 0.403. The zero-order chi connectivity index (χ0) is 31.4. The Hall–Kier alpha value is -4.83. The fourth-order valence-corrected chi connectivity index (χ4v) is 5.96. The summed E-state index contributed by atoms with van der Waals surface area (Å²) in [6.45, 7) is 9.94. The smallest absolute Gasteiger partial charge is 0.413 e. The maximum Gasteiger partial charge on any atom is 0.413 e. The van der Waals surface area contributed by atoms with Gasteiger partial charge >= 0.3 is 6.09 Å². The van der Waals surface area contributed by atoms with Gasteiger partial charge < -0.3 is 29.7 Å². The molecule has 5 rings (SSSR count). The van der Waals surface area contributed by atoms with Gasteiger partial charge in [0, 0.05) is 49.3 Å². The Labute approximate surface area is 258 Å². The molecule has 1 amide bonds. The molecule has 10 nitrogen and oxygen atoms in total. The molecule has 2 heterocycles. The number of rotatable bonds is 9. The molecule has 1 saturated heterocycles. The predicted molar refractivity (Wildman–Crippen MR) is 174 cm³/mol. The molecule has 0 aliphatic carbocycles. The summed E-state index contributed by atoms with van der Waals surface area (Å²) < 4.78 is 11.3. The van der Waals surface area contributed by atoms with Crippen LogP contribution in [-0.4, -0.2) is 73.5 Å². The Morgan fingerprint density at radius 3 is 2.34 bits per heavy atom. The summed E-state index contributed by atoms with van der Waals surface area (Å²) in [5.74, 6) is 1.64. The van der Waals surface area contributed by atoms with E-state index in [1.54, 1.807) is 38.6 Å². The predicted octanol–water partition coefficient (Wildman–Crippen LogP) is 6.19. The number of anilines is 4. The van der Waals surface area contributed by atoms with Crippen molar-refractivity contribution < 1.29 is 19.4 Å². The van der Waals surface area contributed by atoms with E-state index in [-0.39, 0.29) is 11.8 Å². The molecule has 1 atom stereocenters. The monoisotopic (exact) mass is 596 g/mol. The van der Waals surface area contributed by atoms with E-state index in [1.165, 1.54) is 4.90 Å². The number of ether oxygens (including phenoxy) is 2. The first-order chi connectivity index (χ1) is 21.2. The van der Waals surface area contributed by atoms with Crippen molar-refractivity contribution in [3.05, 3.63) is 94.7 Å². The van der Waals surface area contributed by atoms with E-state index in [0.29, 0.717) is 17.1 Å². The van der Waals surface area contributed by atoms with Crippen LogP contribution in [0.2, 0.25) is 0 Å². The molecule has 0 bridgehead atoms. The minimum Gasteiger partial charge on any atom is -0.497 e. The molecular formula is C34H40N6O4. The van der Waals surface area contributed by atoms with Crippen LogP contribution in [0.3, 0.4) is 0 Å². The fourth-order valence-electron chi connectivity index (χ4n) is 5.96. The third-order valence-corrected chi connectivity index (χ3v) is 8.07. The second-order valence-corrected chi connectivity index (χ2v) is 11.2. The zero-order valence-corrected chi connectivity index (χ0v) is 26.2. The first kappa shape index (κ1) is 30.6. The van der Waals surface area contributed by atoms with E-state index in [2.05, 4.69) is 51.4 Å². The minimum absolute atomic E-state index is 0.222. The van der Waals surface area contributed by atoms with Gasteiger partial charge in [0.15, 0.2) is 0 Å². The molecule has 10 heteroatoms. The summed E-state index contributed by atoms with van der Waals surface area (Å²) in [4.78, 5) is 28.3. The number of likely N-dealkylation sites (N-methyl/N-ethyl adjacent to an activating group) is 1. The highest BCUT2D eigenvalue weighted by molar-refractivity contribution is 5.87. The molecular weight excluding hydrogens is 556 g/mol. The molecule has 1 unspecified atom stereocenters. The van der Waals surface area contributed by atoms with Crippen molar-refractivity contribution >= 4 is 29.2 Å². The van der Waals surface area contributed by atoms with E-state index >= 15 is 0 Å². The average molecular weight is 597 g/mol. The van der Waals surface area contributed by atoms with Crippen LogP contribution in [-0.2, 0) is 0 Å². The fraction of sp³-hybridized carbons (Fsp3) is 0.324. The number of nitrogens with one attached hydrogen (secondary N) is 1. The number of methoxy groups -OCH3 is 2. The van der Waals surface area contributed by atoms with Gasteiger partial charge in [-0.25, -0.2) is 14.7 Å². The van der Waals surface area contributed by atoms with Crippen LogP contribution >= 0.6 is 0 Å². The van der Waals surface area contributed by atoms with Crippen molar-refractivity contribution in [2.45, 2.75) is 26.8 Å². The Bertz CT molecular complexity index is 1610. The van der Waals surface area contributed by atoms with Crippen molar-refractivity contribution in [2.75, 3.05) is 62.6 Å².